The van der Waals surface area contributed by atoms with Crippen LogP contribution in [0.2, 0.25) is 0 Å². The Morgan fingerprint density at radius 1 is 1.04 bits per heavy atom. The highest BCUT2D eigenvalue weighted by Gasteiger charge is 2.30. The summed E-state index contributed by atoms with van der Waals surface area (Å²) in [6, 6.07) is 8.49. The van der Waals surface area contributed by atoms with Crippen LogP contribution in [0.3, 0.4) is 0 Å². The zero-order chi connectivity index (χ0) is 18.8. The molecule has 2 rings (SSSR count). The van der Waals surface area contributed by atoms with Crippen molar-refractivity contribution in [2.24, 2.45) is 5.92 Å². The standard InChI is InChI=1S/C19H19F4NO/c1-11(2)12(3)13-7-8-17(20)16(9-13)18(25)24-15-6-4-5-14(10-15)19(21,22)23/h4-12H,1-3H3,(H,24,25). The zero-order valence-corrected chi connectivity index (χ0v) is 14.1. The molecule has 0 radical (unpaired) electrons. The van der Waals surface area contributed by atoms with Gasteiger partial charge in [0.2, 0.25) is 0 Å². The maximum Gasteiger partial charge on any atom is 0.416 e. The first-order valence-electron chi connectivity index (χ1n) is 7.87. The largest absolute Gasteiger partial charge is 0.416 e. The van der Waals surface area contributed by atoms with Crippen LogP contribution in [0.25, 0.3) is 0 Å². The van der Waals surface area contributed by atoms with Gasteiger partial charge in [-0.25, -0.2) is 4.39 Å². The molecule has 0 bridgehead atoms. The van der Waals surface area contributed by atoms with Crippen molar-refractivity contribution in [1.82, 2.24) is 0 Å². The molecule has 0 aliphatic heterocycles. The molecular formula is C19H19F4NO. The van der Waals surface area contributed by atoms with Crippen LogP contribution in [0.4, 0.5) is 23.2 Å². The minimum atomic E-state index is -4.52. The molecule has 1 N–H and O–H groups in total. The van der Waals surface area contributed by atoms with Crippen molar-refractivity contribution in [1.29, 1.82) is 0 Å². The molecule has 2 nitrogen and oxygen atoms in total. The van der Waals surface area contributed by atoms with Crippen LogP contribution in [-0.4, -0.2) is 5.91 Å². The minimum absolute atomic E-state index is 0.0402. The summed E-state index contributed by atoms with van der Waals surface area (Å²) < 4.78 is 52.2. The van der Waals surface area contributed by atoms with Crippen LogP contribution < -0.4 is 5.32 Å². The average Bonchev–Trinajstić information content (AvgIpc) is 2.54. The van der Waals surface area contributed by atoms with E-state index in [4.69, 9.17) is 0 Å². The molecular weight excluding hydrogens is 334 g/mol. The molecule has 0 saturated carbocycles. The smallest absolute Gasteiger partial charge is 0.322 e. The summed E-state index contributed by atoms with van der Waals surface area (Å²) in [4.78, 5) is 12.3. The lowest BCUT2D eigenvalue weighted by Crippen LogP contribution is -2.16. The SMILES string of the molecule is CC(C)C(C)c1ccc(F)c(C(=O)Nc2cccc(C(F)(F)F)c2)c1. The molecule has 0 aliphatic rings. The third kappa shape index (κ3) is 4.59. The Hall–Kier alpha value is -2.37. The van der Waals surface area contributed by atoms with Crippen molar-refractivity contribution in [3.05, 3.63) is 65.0 Å². The number of rotatable bonds is 4. The van der Waals surface area contributed by atoms with Gasteiger partial charge in [0.05, 0.1) is 11.1 Å². The first kappa shape index (κ1) is 19.0. The van der Waals surface area contributed by atoms with E-state index in [1.807, 2.05) is 20.8 Å². The number of benzene rings is 2. The summed E-state index contributed by atoms with van der Waals surface area (Å²) >= 11 is 0. The van der Waals surface area contributed by atoms with Gasteiger partial charge in [-0.05, 0) is 47.7 Å². The van der Waals surface area contributed by atoms with Crippen molar-refractivity contribution >= 4 is 11.6 Å². The fourth-order valence-corrected chi connectivity index (χ4v) is 2.36. The van der Waals surface area contributed by atoms with E-state index in [1.54, 1.807) is 6.07 Å². The van der Waals surface area contributed by atoms with Gasteiger partial charge in [-0.2, -0.15) is 13.2 Å². The molecule has 0 aliphatic carbocycles. The molecule has 1 amide bonds. The highest BCUT2D eigenvalue weighted by molar-refractivity contribution is 6.04. The van der Waals surface area contributed by atoms with Crippen molar-refractivity contribution in [2.75, 3.05) is 5.32 Å². The minimum Gasteiger partial charge on any atom is -0.322 e. The number of carbonyl (C=O) groups is 1. The Balaban J connectivity index is 2.28. The molecule has 0 spiro atoms. The molecule has 2 aromatic rings. The van der Waals surface area contributed by atoms with Gasteiger partial charge in [0, 0.05) is 5.69 Å². The van der Waals surface area contributed by atoms with Crippen LogP contribution in [-0.2, 0) is 6.18 Å². The van der Waals surface area contributed by atoms with Crippen LogP contribution >= 0.6 is 0 Å². The number of hydrogen-bond acceptors (Lipinski definition) is 1. The van der Waals surface area contributed by atoms with E-state index in [1.165, 1.54) is 24.3 Å². The fraction of sp³-hybridized carbons (Fsp3) is 0.316. The maximum atomic E-state index is 14.0. The normalized spacial score (nSPS) is 13.0. The summed E-state index contributed by atoms with van der Waals surface area (Å²) in [5, 5.41) is 2.33. The molecule has 6 heteroatoms. The average molecular weight is 353 g/mol. The lowest BCUT2D eigenvalue weighted by Gasteiger charge is -2.17. The zero-order valence-electron chi connectivity index (χ0n) is 14.1. The molecule has 0 heterocycles. The Morgan fingerprint density at radius 2 is 1.72 bits per heavy atom. The molecule has 1 atom stereocenters. The summed E-state index contributed by atoms with van der Waals surface area (Å²) in [6.45, 7) is 5.99. The monoisotopic (exact) mass is 353 g/mol. The van der Waals surface area contributed by atoms with Crippen molar-refractivity contribution in [3.8, 4) is 0 Å². The Bertz CT molecular complexity index is 768. The van der Waals surface area contributed by atoms with E-state index in [9.17, 15) is 22.4 Å². The lowest BCUT2D eigenvalue weighted by atomic mass is 9.89. The molecule has 0 fully saturated rings. The first-order chi connectivity index (χ1) is 11.6. The predicted molar refractivity (Wildman–Crippen MR) is 89.1 cm³/mol. The molecule has 0 aromatic heterocycles. The number of nitrogens with one attached hydrogen (secondary N) is 1. The number of halogens is 4. The van der Waals surface area contributed by atoms with E-state index in [-0.39, 0.29) is 17.2 Å². The van der Waals surface area contributed by atoms with Gasteiger partial charge in [-0.3, -0.25) is 4.79 Å². The molecule has 134 valence electrons. The topological polar surface area (TPSA) is 29.1 Å². The van der Waals surface area contributed by atoms with E-state index in [2.05, 4.69) is 5.32 Å². The third-order valence-corrected chi connectivity index (χ3v) is 4.21. The maximum absolute atomic E-state index is 14.0. The van der Waals surface area contributed by atoms with E-state index in [0.29, 0.717) is 5.92 Å². The predicted octanol–water partition coefficient (Wildman–Crippen LogP) is 5.86. The quantitative estimate of drug-likeness (QED) is 0.686. The summed E-state index contributed by atoms with van der Waals surface area (Å²) in [7, 11) is 0. The van der Waals surface area contributed by atoms with Gasteiger partial charge in [0.15, 0.2) is 0 Å². The van der Waals surface area contributed by atoms with Crippen LogP contribution in [0.5, 0.6) is 0 Å². The summed E-state index contributed by atoms with van der Waals surface area (Å²) in [6.07, 6.45) is -4.52. The summed E-state index contributed by atoms with van der Waals surface area (Å²) in [5.74, 6) is -1.09. The Morgan fingerprint density at radius 3 is 2.32 bits per heavy atom. The Kier molecular flexibility index (Phi) is 5.50. The van der Waals surface area contributed by atoms with Gasteiger partial charge in [-0.15, -0.1) is 0 Å². The molecule has 1 unspecified atom stereocenters. The molecule has 25 heavy (non-hydrogen) atoms. The van der Waals surface area contributed by atoms with Gasteiger partial charge in [0.25, 0.3) is 5.91 Å². The lowest BCUT2D eigenvalue weighted by molar-refractivity contribution is -0.137. The Labute approximate surface area is 143 Å². The first-order valence-corrected chi connectivity index (χ1v) is 7.87. The number of carbonyl (C=O) groups excluding carboxylic acids is 1. The highest BCUT2D eigenvalue weighted by Crippen LogP contribution is 2.31. The fourth-order valence-electron chi connectivity index (χ4n) is 2.36. The van der Waals surface area contributed by atoms with E-state index < -0.39 is 23.5 Å². The number of hydrogen-bond donors (Lipinski definition) is 1. The van der Waals surface area contributed by atoms with Crippen LogP contribution in [0.1, 0.15) is 48.2 Å². The van der Waals surface area contributed by atoms with Gasteiger partial charge in [0.1, 0.15) is 5.82 Å². The molecule has 0 saturated heterocycles. The van der Waals surface area contributed by atoms with Crippen molar-refractivity contribution in [2.45, 2.75) is 32.9 Å². The third-order valence-electron chi connectivity index (χ3n) is 4.21. The number of alkyl halides is 3. The van der Waals surface area contributed by atoms with Crippen LogP contribution in [0.15, 0.2) is 42.5 Å². The number of anilines is 1. The summed E-state index contributed by atoms with van der Waals surface area (Å²) in [5.41, 5.74) is -0.317. The van der Waals surface area contributed by atoms with E-state index >= 15 is 0 Å². The van der Waals surface area contributed by atoms with E-state index in [0.717, 1.165) is 17.7 Å². The second-order valence-corrected chi connectivity index (χ2v) is 6.30. The van der Waals surface area contributed by atoms with Gasteiger partial charge in [-0.1, -0.05) is 32.9 Å². The van der Waals surface area contributed by atoms with Gasteiger partial charge >= 0.3 is 6.18 Å². The molecule has 2 aromatic carbocycles. The van der Waals surface area contributed by atoms with Crippen molar-refractivity contribution in [3.63, 3.8) is 0 Å². The highest BCUT2D eigenvalue weighted by atomic mass is 19.4. The van der Waals surface area contributed by atoms with Crippen molar-refractivity contribution < 1.29 is 22.4 Å². The second kappa shape index (κ2) is 7.25. The second-order valence-electron chi connectivity index (χ2n) is 6.30. The number of amides is 1. The van der Waals surface area contributed by atoms with Crippen LogP contribution in [0, 0.1) is 11.7 Å². The van der Waals surface area contributed by atoms with Gasteiger partial charge < -0.3 is 5.32 Å².